The van der Waals surface area contributed by atoms with Gasteiger partial charge in [-0.2, -0.15) is 0 Å². The molecule has 3 atom stereocenters. The monoisotopic (exact) mass is 434 g/mol. The van der Waals surface area contributed by atoms with Crippen molar-refractivity contribution < 1.29 is 18.4 Å². The van der Waals surface area contributed by atoms with Gasteiger partial charge in [0.05, 0.1) is 23.9 Å². The first-order chi connectivity index (χ1) is 14.1. The van der Waals surface area contributed by atoms with E-state index in [1.165, 1.54) is 23.8 Å². The number of benzene rings is 2. The minimum absolute atomic E-state index is 0.0870. The van der Waals surface area contributed by atoms with Gasteiger partial charge in [0.25, 0.3) is 0 Å². The summed E-state index contributed by atoms with van der Waals surface area (Å²) in [6, 6.07) is 10.2. The molecule has 2 N–H and O–H groups in total. The summed E-state index contributed by atoms with van der Waals surface area (Å²) in [6.07, 6.45) is -0.270. The molecule has 0 heterocycles. The first-order valence-electron chi connectivity index (χ1n) is 9.83. The van der Waals surface area contributed by atoms with Crippen LogP contribution in [0.4, 0.5) is 14.5 Å². The molecule has 0 bridgehead atoms. The van der Waals surface area contributed by atoms with E-state index in [4.69, 9.17) is 11.6 Å². The summed E-state index contributed by atoms with van der Waals surface area (Å²) in [5, 5.41) is 5.26. The fourth-order valence-electron chi connectivity index (χ4n) is 3.74. The number of anilines is 1. The van der Waals surface area contributed by atoms with Crippen molar-refractivity contribution in [2.75, 3.05) is 12.0 Å². The molecule has 0 aliphatic heterocycles. The van der Waals surface area contributed by atoms with Crippen molar-refractivity contribution in [3.63, 3.8) is 0 Å². The second-order valence-corrected chi connectivity index (χ2v) is 8.78. The predicted octanol–water partition coefficient (Wildman–Crippen LogP) is 4.77. The van der Waals surface area contributed by atoms with E-state index in [1.807, 2.05) is 32.9 Å². The SMILES string of the molecule is Cc1ccc(C2C(C(=O)Nc3ccc(F)c(CNC(=O)CCF)c3)C2(C)Cl)cc1C. The maximum absolute atomic E-state index is 14.0. The zero-order valence-electron chi connectivity index (χ0n) is 17.2. The topological polar surface area (TPSA) is 58.2 Å². The normalized spacial score (nSPS) is 22.5. The average molecular weight is 435 g/mol. The van der Waals surface area contributed by atoms with Crippen LogP contribution < -0.4 is 10.6 Å². The largest absolute Gasteiger partial charge is 0.352 e. The highest BCUT2D eigenvalue weighted by molar-refractivity contribution is 6.30. The Labute approximate surface area is 180 Å². The van der Waals surface area contributed by atoms with Crippen molar-refractivity contribution in [2.45, 2.75) is 44.5 Å². The Morgan fingerprint density at radius 3 is 2.53 bits per heavy atom. The predicted molar refractivity (Wildman–Crippen MR) is 114 cm³/mol. The number of halogens is 3. The highest BCUT2D eigenvalue weighted by Crippen LogP contribution is 2.62. The summed E-state index contributed by atoms with van der Waals surface area (Å²) in [5.41, 5.74) is 3.95. The number of alkyl halides is 2. The summed E-state index contributed by atoms with van der Waals surface area (Å²) in [7, 11) is 0. The van der Waals surface area contributed by atoms with Gasteiger partial charge in [-0.1, -0.05) is 18.2 Å². The van der Waals surface area contributed by atoms with Gasteiger partial charge < -0.3 is 10.6 Å². The van der Waals surface area contributed by atoms with E-state index in [-0.39, 0.29) is 30.4 Å². The van der Waals surface area contributed by atoms with Gasteiger partial charge in [0.15, 0.2) is 0 Å². The molecule has 1 aliphatic carbocycles. The molecular weight excluding hydrogens is 410 g/mol. The van der Waals surface area contributed by atoms with Gasteiger partial charge in [-0.25, -0.2) is 4.39 Å². The first-order valence-corrected chi connectivity index (χ1v) is 10.2. The number of rotatable bonds is 7. The van der Waals surface area contributed by atoms with Crippen LogP contribution in [0.2, 0.25) is 0 Å². The molecule has 4 nitrogen and oxygen atoms in total. The van der Waals surface area contributed by atoms with Crippen LogP contribution in [-0.4, -0.2) is 23.4 Å². The average Bonchev–Trinajstić information content (AvgIpc) is 3.26. The summed E-state index contributed by atoms with van der Waals surface area (Å²) < 4.78 is 26.2. The molecule has 2 aromatic carbocycles. The molecule has 0 radical (unpaired) electrons. The Hall–Kier alpha value is -2.47. The molecule has 0 saturated heterocycles. The molecule has 3 unspecified atom stereocenters. The maximum atomic E-state index is 14.0. The lowest BCUT2D eigenvalue weighted by Crippen LogP contribution is -2.23. The molecule has 7 heteroatoms. The number of hydrogen-bond donors (Lipinski definition) is 2. The fourth-order valence-corrected chi connectivity index (χ4v) is 4.16. The standard InChI is InChI=1S/C23H25ClF2N2O2/c1-13-4-5-15(10-14(13)2)20-21(23(20,3)24)22(30)28-17-6-7-18(26)16(11-17)12-27-19(29)8-9-25/h4-7,10-11,20-21H,8-9,12H2,1-3H3,(H,27,29)(H,28,30). The van der Waals surface area contributed by atoms with Crippen molar-refractivity contribution in [2.24, 2.45) is 5.92 Å². The van der Waals surface area contributed by atoms with E-state index < -0.39 is 29.2 Å². The van der Waals surface area contributed by atoms with E-state index in [2.05, 4.69) is 16.7 Å². The highest BCUT2D eigenvalue weighted by atomic mass is 35.5. The minimum atomic E-state index is -0.773. The third-order valence-electron chi connectivity index (χ3n) is 5.72. The molecule has 0 spiro atoms. The van der Waals surface area contributed by atoms with E-state index in [1.54, 1.807) is 0 Å². The number of aryl methyl sites for hydroxylation is 2. The van der Waals surface area contributed by atoms with Crippen LogP contribution in [-0.2, 0) is 16.1 Å². The minimum Gasteiger partial charge on any atom is -0.352 e. The Bertz CT molecular complexity index is 978. The zero-order valence-corrected chi connectivity index (χ0v) is 17.9. The summed E-state index contributed by atoms with van der Waals surface area (Å²) in [4.78, 5) is 23.6. The number of nitrogens with one attached hydrogen (secondary N) is 2. The highest BCUT2D eigenvalue weighted by Gasteiger charge is 2.64. The van der Waals surface area contributed by atoms with Crippen LogP contribution in [0.3, 0.4) is 0 Å². The molecule has 2 amide bonds. The summed E-state index contributed by atoms with van der Waals surface area (Å²) >= 11 is 6.63. The first kappa shape index (κ1) is 22.2. The molecule has 3 rings (SSSR count). The lowest BCUT2D eigenvalue weighted by Gasteiger charge is -2.10. The second-order valence-electron chi connectivity index (χ2n) is 7.96. The van der Waals surface area contributed by atoms with Crippen LogP contribution in [0.1, 0.15) is 41.5 Å². The van der Waals surface area contributed by atoms with Crippen LogP contribution in [0.15, 0.2) is 36.4 Å². The molecular formula is C23H25ClF2N2O2. The van der Waals surface area contributed by atoms with Gasteiger partial charge in [-0.05, 0) is 55.7 Å². The number of hydrogen-bond acceptors (Lipinski definition) is 2. The van der Waals surface area contributed by atoms with Gasteiger partial charge in [-0.3, -0.25) is 14.0 Å². The van der Waals surface area contributed by atoms with Gasteiger partial charge in [0.2, 0.25) is 11.8 Å². The Kier molecular flexibility index (Phi) is 6.46. The van der Waals surface area contributed by atoms with Crippen LogP contribution in [0.25, 0.3) is 0 Å². The van der Waals surface area contributed by atoms with E-state index in [9.17, 15) is 18.4 Å². The van der Waals surface area contributed by atoms with Crippen molar-refractivity contribution in [1.29, 1.82) is 0 Å². The van der Waals surface area contributed by atoms with E-state index in [0.29, 0.717) is 5.69 Å². The molecule has 1 aliphatic rings. The number of amides is 2. The Morgan fingerprint density at radius 1 is 1.13 bits per heavy atom. The molecule has 160 valence electrons. The van der Waals surface area contributed by atoms with Crippen molar-refractivity contribution in [3.05, 3.63) is 64.5 Å². The lowest BCUT2D eigenvalue weighted by atomic mass is 10.0. The quantitative estimate of drug-likeness (QED) is 0.617. The number of carbonyl (C=O) groups is 2. The fraction of sp³-hybridized carbons (Fsp3) is 0.391. The Morgan fingerprint density at radius 2 is 1.87 bits per heavy atom. The van der Waals surface area contributed by atoms with Crippen molar-refractivity contribution >= 4 is 29.1 Å². The lowest BCUT2D eigenvalue weighted by molar-refractivity contribution is -0.121. The van der Waals surface area contributed by atoms with Gasteiger partial charge in [0, 0.05) is 23.7 Å². The van der Waals surface area contributed by atoms with Gasteiger partial charge >= 0.3 is 0 Å². The molecule has 0 aromatic heterocycles. The molecule has 2 aromatic rings. The van der Waals surface area contributed by atoms with Gasteiger partial charge in [-0.15, -0.1) is 11.6 Å². The molecule has 30 heavy (non-hydrogen) atoms. The summed E-state index contributed by atoms with van der Waals surface area (Å²) in [6.45, 7) is 5.03. The van der Waals surface area contributed by atoms with Crippen LogP contribution >= 0.6 is 11.6 Å². The van der Waals surface area contributed by atoms with E-state index in [0.717, 1.165) is 11.1 Å². The number of carbonyl (C=O) groups excluding carboxylic acids is 2. The maximum Gasteiger partial charge on any atom is 0.229 e. The van der Waals surface area contributed by atoms with Crippen LogP contribution in [0, 0.1) is 25.6 Å². The second kappa shape index (κ2) is 8.72. The smallest absolute Gasteiger partial charge is 0.229 e. The summed E-state index contributed by atoms with van der Waals surface area (Å²) in [5.74, 6) is -1.79. The zero-order chi connectivity index (χ0) is 22.1. The van der Waals surface area contributed by atoms with Crippen LogP contribution in [0.5, 0.6) is 0 Å². The van der Waals surface area contributed by atoms with Gasteiger partial charge in [0.1, 0.15) is 5.82 Å². The molecule has 1 fully saturated rings. The van der Waals surface area contributed by atoms with Crippen molar-refractivity contribution in [3.8, 4) is 0 Å². The third kappa shape index (κ3) is 4.64. The third-order valence-corrected chi connectivity index (χ3v) is 6.19. The molecule has 1 saturated carbocycles. The van der Waals surface area contributed by atoms with E-state index >= 15 is 0 Å². The van der Waals surface area contributed by atoms with Crippen molar-refractivity contribution in [1.82, 2.24) is 5.32 Å². The Balaban J connectivity index is 1.70.